The van der Waals surface area contributed by atoms with Gasteiger partial charge in [0.1, 0.15) is 5.41 Å². The van der Waals surface area contributed by atoms with Crippen LogP contribution in [0.4, 0.5) is 0 Å². The Balaban J connectivity index is 2.69. The van der Waals surface area contributed by atoms with Gasteiger partial charge in [0.2, 0.25) is 5.91 Å². The second-order valence-electron chi connectivity index (χ2n) is 3.48. The molecule has 1 saturated carbocycles. The standard InChI is InChI=1S/C11H14N2O/c1-3-7-13(8-4-2)10(14)11(9-12)5-6-11/h3-4H,1-2,5-8H2. The quantitative estimate of drug-likeness (QED) is 0.616. The van der Waals surface area contributed by atoms with Crippen LogP contribution in [-0.2, 0) is 4.79 Å². The molecule has 0 aliphatic heterocycles. The van der Waals surface area contributed by atoms with Crippen LogP contribution in [0.1, 0.15) is 12.8 Å². The van der Waals surface area contributed by atoms with Crippen molar-refractivity contribution in [2.24, 2.45) is 5.41 Å². The van der Waals surface area contributed by atoms with E-state index in [4.69, 9.17) is 5.26 Å². The third kappa shape index (κ3) is 1.85. The Hall–Kier alpha value is -1.56. The summed E-state index contributed by atoms with van der Waals surface area (Å²) in [6, 6.07) is 2.09. The van der Waals surface area contributed by atoms with E-state index in [1.807, 2.05) is 0 Å². The minimum atomic E-state index is -0.730. The van der Waals surface area contributed by atoms with Gasteiger partial charge in [0.15, 0.2) is 0 Å². The molecule has 1 rings (SSSR count). The zero-order valence-electron chi connectivity index (χ0n) is 8.20. The Bertz CT molecular complexity index is 287. The van der Waals surface area contributed by atoms with Crippen molar-refractivity contribution in [3.63, 3.8) is 0 Å². The van der Waals surface area contributed by atoms with Crippen molar-refractivity contribution in [1.82, 2.24) is 4.90 Å². The largest absolute Gasteiger partial charge is 0.334 e. The summed E-state index contributed by atoms with van der Waals surface area (Å²) >= 11 is 0. The van der Waals surface area contributed by atoms with E-state index < -0.39 is 5.41 Å². The van der Waals surface area contributed by atoms with Crippen LogP contribution in [0.2, 0.25) is 0 Å². The Morgan fingerprint density at radius 2 is 1.93 bits per heavy atom. The first kappa shape index (κ1) is 10.5. The van der Waals surface area contributed by atoms with Crippen molar-refractivity contribution in [1.29, 1.82) is 5.26 Å². The van der Waals surface area contributed by atoms with Crippen molar-refractivity contribution < 1.29 is 4.79 Å². The highest BCUT2D eigenvalue weighted by Crippen LogP contribution is 2.46. The Morgan fingerprint density at radius 3 is 2.21 bits per heavy atom. The van der Waals surface area contributed by atoms with E-state index in [0.29, 0.717) is 25.9 Å². The summed E-state index contributed by atoms with van der Waals surface area (Å²) in [6.45, 7) is 8.13. The second-order valence-corrected chi connectivity index (χ2v) is 3.48. The van der Waals surface area contributed by atoms with Gasteiger partial charge < -0.3 is 4.90 Å². The van der Waals surface area contributed by atoms with Gasteiger partial charge in [-0.2, -0.15) is 5.26 Å². The van der Waals surface area contributed by atoms with Crippen molar-refractivity contribution in [2.45, 2.75) is 12.8 Å². The molecule has 3 heteroatoms. The van der Waals surface area contributed by atoms with Crippen LogP contribution in [0.5, 0.6) is 0 Å². The van der Waals surface area contributed by atoms with Crippen LogP contribution in [0.3, 0.4) is 0 Å². The minimum absolute atomic E-state index is 0.0835. The van der Waals surface area contributed by atoms with Gasteiger partial charge in [-0.05, 0) is 12.8 Å². The van der Waals surface area contributed by atoms with Gasteiger partial charge in [0.05, 0.1) is 6.07 Å². The van der Waals surface area contributed by atoms with E-state index in [-0.39, 0.29) is 5.91 Å². The van der Waals surface area contributed by atoms with E-state index in [0.717, 1.165) is 0 Å². The molecule has 0 aromatic heterocycles. The van der Waals surface area contributed by atoms with Crippen LogP contribution in [0, 0.1) is 16.7 Å². The molecule has 0 heterocycles. The molecule has 0 spiro atoms. The highest BCUT2D eigenvalue weighted by atomic mass is 16.2. The lowest BCUT2D eigenvalue weighted by Gasteiger charge is -2.21. The van der Waals surface area contributed by atoms with Crippen LogP contribution in [-0.4, -0.2) is 23.9 Å². The molecule has 1 fully saturated rings. The lowest BCUT2D eigenvalue weighted by Crippen LogP contribution is -2.36. The molecule has 3 nitrogen and oxygen atoms in total. The number of hydrogen-bond acceptors (Lipinski definition) is 2. The fourth-order valence-corrected chi connectivity index (χ4v) is 1.35. The number of rotatable bonds is 5. The Morgan fingerprint density at radius 1 is 1.43 bits per heavy atom. The minimum Gasteiger partial charge on any atom is -0.334 e. The fourth-order valence-electron chi connectivity index (χ4n) is 1.35. The molecule has 1 aliphatic carbocycles. The summed E-state index contributed by atoms with van der Waals surface area (Å²) < 4.78 is 0. The average molecular weight is 190 g/mol. The zero-order chi connectivity index (χ0) is 10.6. The normalized spacial score (nSPS) is 16.5. The maximum Gasteiger partial charge on any atom is 0.243 e. The van der Waals surface area contributed by atoms with Crippen molar-refractivity contribution in [3.8, 4) is 6.07 Å². The highest BCUT2D eigenvalue weighted by molar-refractivity contribution is 5.88. The third-order valence-electron chi connectivity index (χ3n) is 2.36. The van der Waals surface area contributed by atoms with Crippen LogP contribution >= 0.6 is 0 Å². The number of nitrogens with zero attached hydrogens (tertiary/aromatic N) is 2. The summed E-state index contributed by atoms with van der Waals surface area (Å²) in [6.07, 6.45) is 4.70. The molecule has 0 bridgehead atoms. The summed E-state index contributed by atoms with van der Waals surface area (Å²) in [5.74, 6) is -0.0835. The van der Waals surface area contributed by atoms with E-state index in [1.165, 1.54) is 0 Å². The number of nitriles is 1. The molecular formula is C11H14N2O. The molecule has 0 atom stereocenters. The van der Waals surface area contributed by atoms with Gasteiger partial charge in [0, 0.05) is 13.1 Å². The lowest BCUT2D eigenvalue weighted by atomic mass is 10.1. The SMILES string of the molecule is C=CCN(CC=C)C(=O)C1(C#N)CC1. The fraction of sp³-hybridized carbons (Fsp3) is 0.455. The summed E-state index contributed by atoms with van der Waals surface area (Å²) in [7, 11) is 0. The number of amides is 1. The number of hydrogen-bond donors (Lipinski definition) is 0. The molecule has 0 N–H and O–H groups in total. The first-order valence-electron chi connectivity index (χ1n) is 4.62. The smallest absolute Gasteiger partial charge is 0.243 e. The second kappa shape index (κ2) is 4.10. The van der Waals surface area contributed by atoms with Crippen molar-refractivity contribution >= 4 is 5.91 Å². The molecular weight excluding hydrogens is 176 g/mol. The molecule has 0 aromatic carbocycles. The molecule has 1 aliphatic rings. The van der Waals surface area contributed by atoms with Gasteiger partial charge >= 0.3 is 0 Å². The molecule has 0 unspecified atom stereocenters. The van der Waals surface area contributed by atoms with E-state index in [2.05, 4.69) is 19.2 Å². The Kier molecular flexibility index (Phi) is 3.08. The number of carbonyl (C=O) groups excluding carboxylic acids is 1. The maximum absolute atomic E-state index is 11.8. The van der Waals surface area contributed by atoms with Gasteiger partial charge in [-0.3, -0.25) is 4.79 Å². The van der Waals surface area contributed by atoms with Gasteiger partial charge in [-0.25, -0.2) is 0 Å². The average Bonchev–Trinajstić information content (AvgIpc) is 2.97. The van der Waals surface area contributed by atoms with Gasteiger partial charge in [-0.1, -0.05) is 12.2 Å². The topological polar surface area (TPSA) is 44.1 Å². The first-order chi connectivity index (χ1) is 6.70. The van der Waals surface area contributed by atoms with Crippen molar-refractivity contribution in [2.75, 3.05) is 13.1 Å². The molecule has 0 saturated heterocycles. The molecule has 14 heavy (non-hydrogen) atoms. The zero-order valence-corrected chi connectivity index (χ0v) is 8.20. The molecule has 0 aromatic rings. The van der Waals surface area contributed by atoms with Crippen LogP contribution in [0.25, 0.3) is 0 Å². The summed E-state index contributed by atoms with van der Waals surface area (Å²) in [5.41, 5.74) is -0.730. The predicted octanol–water partition coefficient (Wildman–Crippen LogP) is 1.49. The highest BCUT2D eigenvalue weighted by Gasteiger charge is 2.52. The lowest BCUT2D eigenvalue weighted by molar-refractivity contribution is -0.133. The first-order valence-corrected chi connectivity index (χ1v) is 4.62. The molecule has 74 valence electrons. The van der Waals surface area contributed by atoms with Crippen LogP contribution in [0.15, 0.2) is 25.3 Å². The van der Waals surface area contributed by atoms with Gasteiger partial charge in [-0.15, -0.1) is 13.2 Å². The van der Waals surface area contributed by atoms with E-state index in [9.17, 15) is 4.79 Å². The number of carbonyl (C=O) groups is 1. The summed E-state index contributed by atoms with van der Waals surface area (Å²) in [4.78, 5) is 13.5. The maximum atomic E-state index is 11.8. The predicted molar refractivity (Wildman–Crippen MR) is 54.3 cm³/mol. The van der Waals surface area contributed by atoms with E-state index in [1.54, 1.807) is 17.1 Å². The molecule has 1 amide bonds. The summed E-state index contributed by atoms with van der Waals surface area (Å²) in [5, 5.41) is 8.86. The third-order valence-corrected chi connectivity index (χ3v) is 2.36. The van der Waals surface area contributed by atoms with Crippen molar-refractivity contribution in [3.05, 3.63) is 25.3 Å². The van der Waals surface area contributed by atoms with Gasteiger partial charge in [0.25, 0.3) is 0 Å². The Labute approximate surface area is 84.3 Å². The molecule has 0 radical (unpaired) electrons. The van der Waals surface area contributed by atoms with Crippen LogP contribution < -0.4 is 0 Å². The van der Waals surface area contributed by atoms with E-state index >= 15 is 0 Å². The monoisotopic (exact) mass is 190 g/mol.